The molecule has 2 N–H and O–H groups in total. The Morgan fingerprint density at radius 2 is 2.11 bits per heavy atom. The molecule has 19 heavy (non-hydrogen) atoms. The van der Waals surface area contributed by atoms with Crippen molar-refractivity contribution in [1.82, 2.24) is 9.97 Å². The van der Waals surface area contributed by atoms with Crippen molar-refractivity contribution in [3.63, 3.8) is 0 Å². The zero-order chi connectivity index (χ0) is 14.0. The number of fused-ring (bicyclic) bond motifs is 1. The van der Waals surface area contributed by atoms with Crippen LogP contribution in [0.3, 0.4) is 0 Å². The van der Waals surface area contributed by atoms with E-state index in [1.165, 1.54) is 0 Å². The zero-order valence-corrected chi connectivity index (χ0v) is 10.3. The van der Waals surface area contributed by atoms with Gasteiger partial charge < -0.3 is 10.1 Å². The van der Waals surface area contributed by atoms with Gasteiger partial charge in [0, 0.05) is 5.75 Å². The van der Waals surface area contributed by atoms with Crippen molar-refractivity contribution in [3.05, 3.63) is 24.3 Å². The number of thioether (sulfide) groups is 1. The van der Waals surface area contributed by atoms with Crippen LogP contribution in [0.1, 0.15) is 0 Å². The summed E-state index contributed by atoms with van der Waals surface area (Å²) >= 11 is 0.742. The number of nitrogens with one attached hydrogen (secondary N) is 1. The molecule has 0 bridgehead atoms. The molecule has 0 fully saturated rings. The van der Waals surface area contributed by atoms with Crippen LogP contribution in [0.5, 0.6) is 0 Å². The molecule has 2 rings (SSSR count). The van der Waals surface area contributed by atoms with Gasteiger partial charge in [-0.2, -0.15) is 13.2 Å². The molecular formula is C11H9F3N2O2S. The van der Waals surface area contributed by atoms with Crippen molar-refractivity contribution < 1.29 is 23.1 Å². The SMILES string of the molecule is O=C(O)C(CSc1nc2ccccc2[nH]1)C(F)(F)F. The first-order chi connectivity index (χ1) is 8.88. The molecular weight excluding hydrogens is 281 g/mol. The summed E-state index contributed by atoms with van der Waals surface area (Å²) in [7, 11) is 0. The maximum absolute atomic E-state index is 12.5. The third-order valence-corrected chi connectivity index (χ3v) is 3.41. The number of halogens is 3. The fraction of sp³-hybridized carbons (Fsp3) is 0.273. The summed E-state index contributed by atoms with van der Waals surface area (Å²) in [5.41, 5.74) is 1.33. The second-order valence-corrected chi connectivity index (χ2v) is 4.81. The lowest BCUT2D eigenvalue weighted by Gasteiger charge is -2.14. The maximum Gasteiger partial charge on any atom is 0.403 e. The number of aliphatic carboxylic acids is 1. The highest BCUT2D eigenvalue weighted by atomic mass is 32.2. The van der Waals surface area contributed by atoms with Gasteiger partial charge in [-0.1, -0.05) is 23.9 Å². The molecule has 0 saturated carbocycles. The van der Waals surface area contributed by atoms with Crippen LogP contribution >= 0.6 is 11.8 Å². The lowest BCUT2D eigenvalue weighted by atomic mass is 10.2. The normalized spacial score (nSPS) is 13.6. The lowest BCUT2D eigenvalue weighted by molar-refractivity contribution is -0.188. The Hall–Kier alpha value is -1.70. The second kappa shape index (κ2) is 5.12. The van der Waals surface area contributed by atoms with Gasteiger partial charge in [-0.05, 0) is 12.1 Å². The van der Waals surface area contributed by atoms with E-state index < -0.39 is 23.8 Å². The molecule has 1 aromatic heterocycles. The Kier molecular flexibility index (Phi) is 3.70. The highest BCUT2D eigenvalue weighted by molar-refractivity contribution is 7.99. The van der Waals surface area contributed by atoms with Gasteiger partial charge in [-0.3, -0.25) is 4.79 Å². The average Bonchev–Trinajstić information content (AvgIpc) is 2.69. The number of alkyl halides is 3. The van der Waals surface area contributed by atoms with Crippen molar-refractivity contribution in [2.75, 3.05) is 5.75 Å². The van der Waals surface area contributed by atoms with E-state index in [1.54, 1.807) is 24.3 Å². The van der Waals surface area contributed by atoms with Gasteiger partial charge in [0.2, 0.25) is 0 Å². The van der Waals surface area contributed by atoms with Crippen molar-refractivity contribution in [2.24, 2.45) is 5.92 Å². The van der Waals surface area contributed by atoms with Crippen LogP contribution in [0, 0.1) is 5.92 Å². The summed E-state index contributed by atoms with van der Waals surface area (Å²) in [6.45, 7) is 0. The number of carbonyl (C=O) groups is 1. The minimum atomic E-state index is -4.76. The summed E-state index contributed by atoms with van der Waals surface area (Å²) in [5, 5.41) is 8.84. The molecule has 0 amide bonds. The molecule has 1 heterocycles. The predicted octanol–water partition coefficient (Wildman–Crippen LogP) is 2.92. The molecule has 0 aliphatic heterocycles. The lowest BCUT2D eigenvalue weighted by Crippen LogP contribution is -2.32. The van der Waals surface area contributed by atoms with Crippen LogP contribution in [0.25, 0.3) is 11.0 Å². The first kappa shape index (κ1) is 13.7. The summed E-state index contributed by atoms with van der Waals surface area (Å²) in [6.07, 6.45) is -4.76. The Bertz CT molecular complexity index is 564. The highest BCUT2D eigenvalue weighted by Crippen LogP contribution is 2.31. The van der Waals surface area contributed by atoms with E-state index in [2.05, 4.69) is 9.97 Å². The number of imidazole rings is 1. The van der Waals surface area contributed by atoms with Crippen LogP contribution in [0.4, 0.5) is 13.2 Å². The quantitative estimate of drug-likeness (QED) is 0.850. The van der Waals surface area contributed by atoms with Gasteiger partial charge in [0.25, 0.3) is 0 Å². The van der Waals surface area contributed by atoms with Crippen LogP contribution in [0.15, 0.2) is 29.4 Å². The maximum atomic E-state index is 12.5. The van der Waals surface area contributed by atoms with E-state index in [0.29, 0.717) is 11.0 Å². The Balaban J connectivity index is 2.10. The first-order valence-corrected chi connectivity index (χ1v) is 6.23. The second-order valence-electron chi connectivity index (χ2n) is 3.80. The van der Waals surface area contributed by atoms with Gasteiger partial charge >= 0.3 is 12.1 Å². The number of hydrogen-bond acceptors (Lipinski definition) is 3. The molecule has 102 valence electrons. The number of carboxylic acid groups (broad SMARTS) is 1. The number of aromatic amines is 1. The van der Waals surface area contributed by atoms with Crippen molar-refractivity contribution >= 4 is 28.8 Å². The van der Waals surface area contributed by atoms with Gasteiger partial charge in [-0.25, -0.2) is 4.98 Å². The fourth-order valence-corrected chi connectivity index (χ4v) is 2.47. The van der Waals surface area contributed by atoms with Crippen molar-refractivity contribution in [1.29, 1.82) is 0 Å². The van der Waals surface area contributed by atoms with Crippen LogP contribution in [-0.2, 0) is 4.79 Å². The molecule has 2 aromatic rings. The topological polar surface area (TPSA) is 66.0 Å². The number of H-pyrrole nitrogens is 1. The van der Waals surface area contributed by atoms with Crippen molar-refractivity contribution in [3.8, 4) is 0 Å². The first-order valence-electron chi connectivity index (χ1n) is 5.25. The Morgan fingerprint density at radius 1 is 1.42 bits per heavy atom. The number of rotatable bonds is 4. The number of hydrogen-bond donors (Lipinski definition) is 2. The molecule has 4 nitrogen and oxygen atoms in total. The van der Waals surface area contributed by atoms with Crippen LogP contribution < -0.4 is 0 Å². The minimum absolute atomic E-state index is 0.275. The van der Waals surface area contributed by atoms with E-state index in [1.807, 2.05) is 0 Å². The number of aromatic nitrogens is 2. The van der Waals surface area contributed by atoms with E-state index >= 15 is 0 Å². The molecule has 0 radical (unpaired) electrons. The number of nitrogens with zero attached hydrogens (tertiary/aromatic N) is 1. The third kappa shape index (κ3) is 3.19. The molecule has 8 heteroatoms. The average molecular weight is 290 g/mol. The van der Waals surface area contributed by atoms with Crippen LogP contribution in [-0.4, -0.2) is 33.0 Å². The summed E-state index contributed by atoms with van der Waals surface area (Å²) in [5.74, 6) is -4.89. The minimum Gasteiger partial charge on any atom is -0.481 e. The molecule has 0 aliphatic carbocycles. The number of benzene rings is 1. The molecule has 1 atom stereocenters. The van der Waals surface area contributed by atoms with Gasteiger partial charge in [0.15, 0.2) is 11.1 Å². The third-order valence-electron chi connectivity index (χ3n) is 2.45. The summed E-state index contributed by atoms with van der Waals surface area (Å²) < 4.78 is 37.4. The molecule has 0 spiro atoms. The Morgan fingerprint density at radius 3 is 2.68 bits per heavy atom. The van der Waals surface area contributed by atoms with Gasteiger partial charge in [0.05, 0.1) is 11.0 Å². The van der Waals surface area contributed by atoms with Crippen molar-refractivity contribution in [2.45, 2.75) is 11.3 Å². The van der Waals surface area contributed by atoms with Crippen LogP contribution in [0.2, 0.25) is 0 Å². The molecule has 1 aromatic carbocycles. The highest BCUT2D eigenvalue weighted by Gasteiger charge is 2.45. The Labute approximate surface area is 110 Å². The number of carboxylic acids is 1. The number of para-hydroxylation sites is 2. The van der Waals surface area contributed by atoms with Gasteiger partial charge in [-0.15, -0.1) is 0 Å². The standard InChI is InChI=1S/C11H9F3N2O2S/c12-11(13,14)6(9(17)18)5-19-10-15-7-3-1-2-4-8(7)16-10/h1-4,6H,5H2,(H,15,16)(H,17,18). The fourth-order valence-electron chi connectivity index (χ4n) is 1.47. The predicted molar refractivity (Wildman–Crippen MR) is 64.0 cm³/mol. The van der Waals surface area contributed by atoms with Gasteiger partial charge in [0.1, 0.15) is 0 Å². The molecule has 0 aliphatic rings. The van der Waals surface area contributed by atoms with E-state index in [9.17, 15) is 18.0 Å². The zero-order valence-electron chi connectivity index (χ0n) is 9.44. The van der Waals surface area contributed by atoms with E-state index in [4.69, 9.17) is 5.11 Å². The molecule has 1 unspecified atom stereocenters. The largest absolute Gasteiger partial charge is 0.481 e. The van der Waals surface area contributed by atoms with E-state index in [-0.39, 0.29) is 5.16 Å². The summed E-state index contributed by atoms with van der Waals surface area (Å²) in [4.78, 5) is 17.5. The molecule has 0 saturated heterocycles. The monoisotopic (exact) mass is 290 g/mol. The summed E-state index contributed by atoms with van der Waals surface area (Å²) in [6, 6.07) is 6.98. The van der Waals surface area contributed by atoms with E-state index in [0.717, 1.165) is 11.8 Å². The smallest absolute Gasteiger partial charge is 0.403 e.